The number of hydrogen-bond donors (Lipinski definition) is 2. The van der Waals surface area contributed by atoms with Crippen LogP contribution in [0.1, 0.15) is 28.2 Å². The van der Waals surface area contributed by atoms with E-state index in [0.717, 1.165) is 23.4 Å². The van der Waals surface area contributed by atoms with Crippen LogP contribution < -0.4 is 10.1 Å². The quantitative estimate of drug-likeness (QED) is 0.822. The predicted molar refractivity (Wildman–Crippen MR) is 71.0 cm³/mol. The van der Waals surface area contributed by atoms with Crippen LogP contribution in [-0.2, 0) is 0 Å². The van der Waals surface area contributed by atoms with Gasteiger partial charge in [0.1, 0.15) is 5.75 Å². The summed E-state index contributed by atoms with van der Waals surface area (Å²) in [5.41, 5.74) is 4.68. The second kappa shape index (κ2) is 6.03. The Balaban J connectivity index is 3.34. The van der Waals surface area contributed by atoms with Gasteiger partial charge in [-0.05, 0) is 44.5 Å². The van der Waals surface area contributed by atoms with Crippen molar-refractivity contribution in [3.05, 3.63) is 28.3 Å². The van der Waals surface area contributed by atoms with Gasteiger partial charge in [-0.15, -0.1) is 0 Å². The van der Waals surface area contributed by atoms with Gasteiger partial charge in [0.2, 0.25) is 0 Å². The van der Waals surface area contributed by atoms with Crippen LogP contribution in [0.5, 0.6) is 5.75 Å². The van der Waals surface area contributed by atoms with Crippen LogP contribution in [0.4, 0.5) is 0 Å². The fourth-order valence-electron chi connectivity index (χ4n) is 2.35. The van der Waals surface area contributed by atoms with E-state index >= 15 is 0 Å². The van der Waals surface area contributed by atoms with Crippen LogP contribution in [0.2, 0.25) is 0 Å². The molecule has 96 valence electrons. The Hall–Kier alpha value is -1.06. The molecule has 1 atom stereocenters. The zero-order valence-corrected chi connectivity index (χ0v) is 11.4. The third-order valence-electron chi connectivity index (χ3n) is 3.32. The molecule has 0 heterocycles. The highest BCUT2D eigenvalue weighted by Crippen LogP contribution is 2.34. The molecule has 0 amide bonds. The summed E-state index contributed by atoms with van der Waals surface area (Å²) in [4.78, 5) is 0. The Morgan fingerprint density at radius 3 is 2.41 bits per heavy atom. The molecule has 0 bridgehead atoms. The molecule has 17 heavy (non-hydrogen) atoms. The number of aryl methyl sites for hydroxylation is 2. The highest BCUT2D eigenvalue weighted by Gasteiger charge is 2.20. The smallest absolute Gasteiger partial charge is 0.125 e. The summed E-state index contributed by atoms with van der Waals surface area (Å²) in [6, 6.07) is 2.16. The summed E-state index contributed by atoms with van der Waals surface area (Å²) in [6.45, 7) is 7.09. The molecule has 0 aromatic heterocycles. The van der Waals surface area contributed by atoms with Gasteiger partial charge in [0.05, 0.1) is 13.7 Å². The Kier molecular flexibility index (Phi) is 4.97. The summed E-state index contributed by atoms with van der Waals surface area (Å²) >= 11 is 0. The molecule has 1 aromatic rings. The van der Waals surface area contributed by atoms with Crippen molar-refractivity contribution in [1.82, 2.24) is 5.32 Å². The first-order chi connectivity index (χ1) is 8.06. The lowest BCUT2D eigenvalue weighted by molar-refractivity contribution is 0.259. The van der Waals surface area contributed by atoms with E-state index in [1.165, 1.54) is 11.1 Å². The molecule has 3 nitrogen and oxygen atoms in total. The van der Waals surface area contributed by atoms with Crippen LogP contribution in [-0.4, -0.2) is 32.4 Å². The zero-order chi connectivity index (χ0) is 13.0. The van der Waals surface area contributed by atoms with E-state index in [9.17, 15) is 5.11 Å². The van der Waals surface area contributed by atoms with E-state index in [1.54, 1.807) is 7.11 Å². The van der Waals surface area contributed by atoms with E-state index in [-0.39, 0.29) is 12.5 Å². The molecular weight excluding hydrogens is 214 g/mol. The van der Waals surface area contributed by atoms with Crippen molar-refractivity contribution in [3.63, 3.8) is 0 Å². The molecular formula is C14H23NO2. The van der Waals surface area contributed by atoms with Gasteiger partial charge in [-0.1, -0.05) is 6.07 Å². The third-order valence-corrected chi connectivity index (χ3v) is 3.32. The number of nitrogens with one attached hydrogen (secondary N) is 1. The van der Waals surface area contributed by atoms with Crippen molar-refractivity contribution in [1.29, 1.82) is 0 Å². The van der Waals surface area contributed by atoms with Gasteiger partial charge in [0.25, 0.3) is 0 Å². The zero-order valence-electron chi connectivity index (χ0n) is 11.4. The van der Waals surface area contributed by atoms with Crippen LogP contribution in [0.25, 0.3) is 0 Å². The molecule has 1 aromatic carbocycles. The second-order valence-electron chi connectivity index (χ2n) is 4.52. The van der Waals surface area contributed by atoms with Crippen molar-refractivity contribution in [2.45, 2.75) is 26.7 Å². The maximum absolute atomic E-state index is 9.52. The summed E-state index contributed by atoms with van der Waals surface area (Å²) < 4.78 is 5.53. The molecule has 0 saturated heterocycles. The van der Waals surface area contributed by atoms with Gasteiger partial charge in [0.15, 0.2) is 0 Å². The van der Waals surface area contributed by atoms with E-state index in [2.05, 4.69) is 32.2 Å². The van der Waals surface area contributed by atoms with E-state index in [0.29, 0.717) is 0 Å². The van der Waals surface area contributed by atoms with Gasteiger partial charge < -0.3 is 15.2 Å². The minimum Gasteiger partial charge on any atom is -0.496 e. The number of benzene rings is 1. The van der Waals surface area contributed by atoms with Crippen LogP contribution >= 0.6 is 0 Å². The molecule has 0 aliphatic carbocycles. The Morgan fingerprint density at radius 1 is 1.29 bits per heavy atom. The van der Waals surface area contributed by atoms with Crippen molar-refractivity contribution in [3.8, 4) is 5.75 Å². The molecule has 1 unspecified atom stereocenters. The van der Waals surface area contributed by atoms with Gasteiger partial charge >= 0.3 is 0 Å². The molecule has 0 fully saturated rings. The monoisotopic (exact) mass is 237 g/mol. The first-order valence-electron chi connectivity index (χ1n) is 5.96. The Morgan fingerprint density at radius 2 is 1.94 bits per heavy atom. The van der Waals surface area contributed by atoms with Crippen LogP contribution in [0.15, 0.2) is 6.07 Å². The fourth-order valence-corrected chi connectivity index (χ4v) is 2.35. The molecule has 0 saturated carbocycles. The standard InChI is InChI=1S/C14H23NO2/c1-9-6-10(2)13(12(8-16)7-15-4)14(17-5)11(9)3/h6,12,15-16H,7-8H2,1-5H3. The average Bonchev–Trinajstić information content (AvgIpc) is 2.31. The van der Waals surface area contributed by atoms with E-state index in [4.69, 9.17) is 4.74 Å². The minimum atomic E-state index is 0.0780. The lowest BCUT2D eigenvalue weighted by Crippen LogP contribution is -2.21. The number of hydrogen-bond acceptors (Lipinski definition) is 3. The largest absolute Gasteiger partial charge is 0.496 e. The van der Waals surface area contributed by atoms with E-state index in [1.807, 2.05) is 7.05 Å². The first-order valence-corrected chi connectivity index (χ1v) is 5.96. The summed E-state index contributed by atoms with van der Waals surface area (Å²) in [5, 5.41) is 12.6. The van der Waals surface area contributed by atoms with Crippen LogP contribution in [0.3, 0.4) is 0 Å². The van der Waals surface area contributed by atoms with Gasteiger partial charge in [0, 0.05) is 18.0 Å². The predicted octanol–water partition coefficient (Wildman–Crippen LogP) is 1.92. The molecule has 0 spiro atoms. The van der Waals surface area contributed by atoms with Crippen molar-refractivity contribution in [2.24, 2.45) is 0 Å². The van der Waals surface area contributed by atoms with Crippen LogP contribution in [0, 0.1) is 20.8 Å². The first kappa shape index (κ1) is 14.0. The molecule has 1 rings (SSSR count). The molecule has 2 N–H and O–H groups in total. The number of aliphatic hydroxyl groups excluding tert-OH is 1. The topological polar surface area (TPSA) is 41.5 Å². The minimum absolute atomic E-state index is 0.0780. The Bertz CT molecular complexity index is 388. The summed E-state index contributed by atoms with van der Waals surface area (Å²) in [7, 11) is 3.59. The van der Waals surface area contributed by atoms with Crippen molar-refractivity contribution < 1.29 is 9.84 Å². The molecule has 0 aliphatic heterocycles. The lowest BCUT2D eigenvalue weighted by atomic mass is 9.90. The molecule has 3 heteroatoms. The number of methoxy groups -OCH3 is 1. The van der Waals surface area contributed by atoms with Crippen molar-refractivity contribution >= 4 is 0 Å². The summed E-state index contributed by atoms with van der Waals surface area (Å²) in [5.74, 6) is 0.992. The van der Waals surface area contributed by atoms with Gasteiger partial charge in [-0.25, -0.2) is 0 Å². The second-order valence-corrected chi connectivity index (χ2v) is 4.52. The number of ether oxygens (including phenoxy) is 1. The fraction of sp³-hybridized carbons (Fsp3) is 0.571. The summed E-state index contributed by atoms with van der Waals surface area (Å²) in [6.07, 6.45) is 0. The average molecular weight is 237 g/mol. The SMILES string of the molecule is CNCC(CO)c1c(C)cc(C)c(C)c1OC. The molecule has 0 radical (unpaired) electrons. The highest BCUT2D eigenvalue weighted by molar-refractivity contribution is 5.51. The number of aliphatic hydroxyl groups is 1. The third kappa shape index (κ3) is 2.79. The normalized spacial score (nSPS) is 12.6. The van der Waals surface area contributed by atoms with E-state index < -0.39 is 0 Å². The van der Waals surface area contributed by atoms with Crippen molar-refractivity contribution in [2.75, 3.05) is 27.3 Å². The van der Waals surface area contributed by atoms with Gasteiger partial charge in [-0.2, -0.15) is 0 Å². The maximum Gasteiger partial charge on any atom is 0.125 e. The lowest BCUT2D eigenvalue weighted by Gasteiger charge is -2.22. The van der Waals surface area contributed by atoms with Gasteiger partial charge in [-0.3, -0.25) is 0 Å². The Labute approximate surface area is 104 Å². The highest BCUT2D eigenvalue weighted by atomic mass is 16.5. The number of likely N-dealkylation sites (N-methyl/N-ethyl adjacent to an activating group) is 1. The molecule has 0 aliphatic rings. The number of rotatable bonds is 5. The maximum atomic E-state index is 9.52.